The van der Waals surface area contributed by atoms with Crippen LogP contribution in [0.25, 0.3) is 0 Å². The number of aliphatic imine (C=N–C) groups is 1. The Balaban J connectivity index is 1.77. The summed E-state index contributed by atoms with van der Waals surface area (Å²) in [6.45, 7) is 4.24. The van der Waals surface area contributed by atoms with Crippen LogP contribution >= 0.6 is 11.8 Å². The molecule has 1 saturated carbocycles. The number of aryl methyl sites for hydroxylation is 1. The van der Waals surface area contributed by atoms with Gasteiger partial charge in [-0.15, -0.1) is 0 Å². The summed E-state index contributed by atoms with van der Waals surface area (Å²) in [5.41, 5.74) is 8.30. The first kappa shape index (κ1) is 13.7. The lowest BCUT2D eigenvalue weighted by molar-refractivity contribution is 0.359. The van der Waals surface area contributed by atoms with Crippen LogP contribution in [0.15, 0.2) is 23.3 Å². The fourth-order valence-electron chi connectivity index (χ4n) is 3.54. The molecule has 0 aromatic carbocycles. The van der Waals surface area contributed by atoms with E-state index in [-0.39, 0.29) is 0 Å². The number of hydrogen-bond acceptors (Lipinski definition) is 4. The van der Waals surface area contributed by atoms with Gasteiger partial charge in [0.2, 0.25) is 0 Å². The molecule has 2 heterocycles. The first-order valence-corrected chi connectivity index (χ1v) is 8.44. The Kier molecular flexibility index (Phi) is 3.87. The minimum Gasteiger partial charge on any atom is -0.379 e. The molecule has 0 amide bonds. The van der Waals surface area contributed by atoms with Gasteiger partial charge in [-0.1, -0.05) is 11.8 Å². The Morgan fingerprint density at radius 3 is 2.70 bits per heavy atom. The van der Waals surface area contributed by atoms with Crippen molar-refractivity contribution >= 4 is 22.6 Å². The molecule has 3 rings (SSSR count). The van der Waals surface area contributed by atoms with Crippen LogP contribution in [0.4, 0.5) is 5.69 Å². The summed E-state index contributed by atoms with van der Waals surface area (Å²) in [5, 5.41) is 0.736. The van der Waals surface area contributed by atoms with Crippen molar-refractivity contribution in [3.63, 3.8) is 0 Å². The maximum Gasteiger partial charge on any atom is 0.153 e. The van der Waals surface area contributed by atoms with Gasteiger partial charge in [-0.3, -0.25) is 9.98 Å². The summed E-state index contributed by atoms with van der Waals surface area (Å²) in [6, 6.07) is 4.73. The number of pyridine rings is 1. The zero-order valence-corrected chi connectivity index (χ0v) is 12.9. The van der Waals surface area contributed by atoms with Crippen LogP contribution in [-0.4, -0.2) is 35.5 Å². The normalized spacial score (nSPS) is 29.8. The van der Waals surface area contributed by atoms with Gasteiger partial charge in [-0.2, -0.15) is 0 Å². The van der Waals surface area contributed by atoms with Gasteiger partial charge in [0.05, 0.1) is 6.04 Å². The molecule has 1 unspecified atom stereocenters. The summed E-state index contributed by atoms with van der Waals surface area (Å²) in [7, 11) is 0. The lowest BCUT2D eigenvalue weighted by Gasteiger charge is -2.37. The molecule has 5 heteroatoms. The van der Waals surface area contributed by atoms with E-state index in [0.717, 1.165) is 24.0 Å². The van der Waals surface area contributed by atoms with Crippen molar-refractivity contribution in [3.8, 4) is 0 Å². The number of hydrogen-bond donors (Lipinski definition) is 1. The van der Waals surface area contributed by atoms with Crippen LogP contribution in [0.2, 0.25) is 0 Å². The van der Waals surface area contributed by atoms with Gasteiger partial charge < -0.3 is 10.6 Å². The Bertz CT molecular complexity index is 502. The zero-order chi connectivity index (χ0) is 14.1. The predicted molar refractivity (Wildman–Crippen MR) is 86.3 cm³/mol. The second-order valence-corrected chi connectivity index (χ2v) is 6.65. The number of piperidine rings is 1. The van der Waals surface area contributed by atoms with Crippen molar-refractivity contribution in [1.29, 1.82) is 0 Å². The van der Waals surface area contributed by atoms with Crippen LogP contribution in [0.3, 0.4) is 0 Å². The molecule has 108 valence electrons. The number of amidine groups is 1. The highest BCUT2D eigenvalue weighted by Gasteiger charge is 2.42. The summed E-state index contributed by atoms with van der Waals surface area (Å²) < 4.78 is 0. The number of aromatic nitrogens is 1. The molecule has 1 aliphatic carbocycles. The highest BCUT2D eigenvalue weighted by molar-refractivity contribution is 8.13. The molecule has 3 atom stereocenters. The molecule has 0 radical (unpaired) electrons. The molecular formula is C15H22N4S. The fourth-order valence-corrected chi connectivity index (χ4v) is 3.77. The number of thioether (sulfide) groups is 1. The van der Waals surface area contributed by atoms with Crippen molar-refractivity contribution in [1.82, 2.24) is 4.98 Å². The van der Waals surface area contributed by atoms with E-state index in [1.807, 2.05) is 19.4 Å². The molecule has 1 aromatic heterocycles. The van der Waals surface area contributed by atoms with Gasteiger partial charge in [0.25, 0.3) is 0 Å². The Morgan fingerprint density at radius 2 is 2.10 bits per heavy atom. The second kappa shape index (κ2) is 5.64. The number of nitrogens with zero attached hydrogens (tertiary/aromatic N) is 3. The molecular weight excluding hydrogens is 268 g/mol. The first-order chi connectivity index (χ1) is 9.67. The molecule has 1 aromatic rings. The van der Waals surface area contributed by atoms with Crippen LogP contribution in [0.1, 0.15) is 18.5 Å². The maximum atomic E-state index is 5.91. The van der Waals surface area contributed by atoms with E-state index in [0.29, 0.717) is 17.9 Å². The van der Waals surface area contributed by atoms with Crippen LogP contribution in [0.5, 0.6) is 0 Å². The van der Waals surface area contributed by atoms with Crippen molar-refractivity contribution < 1.29 is 0 Å². The van der Waals surface area contributed by atoms with Crippen LogP contribution < -0.4 is 10.6 Å². The lowest BCUT2D eigenvalue weighted by Crippen LogP contribution is -2.44. The third-order valence-electron chi connectivity index (χ3n) is 4.51. The third kappa shape index (κ3) is 2.64. The Labute approximate surface area is 124 Å². The maximum absolute atomic E-state index is 5.91. The number of nitrogens with two attached hydrogens (primary N) is 1. The molecule has 1 saturated heterocycles. The van der Waals surface area contributed by atoms with Crippen molar-refractivity contribution in [2.24, 2.45) is 22.6 Å². The van der Waals surface area contributed by atoms with Crippen LogP contribution in [0, 0.1) is 18.8 Å². The van der Waals surface area contributed by atoms with Gasteiger partial charge in [-0.25, -0.2) is 0 Å². The topological polar surface area (TPSA) is 54.5 Å². The standard InChI is InChI=1S/C15H22N4S/c1-10-7-13(5-6-17-10)19-8-11-3-4-12(9-19)14(11)18-15(16)20-2/h5-7,11-12,14H,3-4,8-9H2,1-2H3,(H2,16,18)/t11-,12+,14?. The Morgan fingerprint density at radius 1 is 1.40 bits per heavy atom. The highest BCUT2D eigenvalue weighted by Crippen LogP contribution is 2.40. The summed E-state index contributed by atoms with van der Waals surface area (Å²) >= 11 is 1.56. The van der Waals surface area contributed by atoms with Gasteiger partial charge in [0.1, 0.15) is 0 Å². The third-order valence-corrected chi connectivity index (χ3v) is 5.04. The molecule has 2 fully saturated rings. The molecule has 1 aliphatic heterocycles. The summed E-state index contributed by atoms with van der Waals surface area (Å²) in [6.07, 6.45) is 6.46. The molecule has 2 N–H and O–H groups in total. The molecule has 4 nitrogen and oxygen atoms in total. The van der Waals surface area contributed by atoms with E-state index in [2.05, 4.69) is 22.0 Å². The Hall–Kier alpha value is -1.23. The SMILES string of the molecule is CSC(N)=NC1[C@@H]2CC[C@H]1CN(c1ccnc(C)c1)C2. The average Bonchev–Trinajstić information content (AvgIpc) is 2.69. The monoisotopic (exact) mass is 290 g/mol. The molecule has 2 bridgehead atoms. The minimum atomic E-state index is 0.432. The highest BCUT2D eigenvalue weighted by atomic mass is 32.2. The van der Waals surface area contributed by atoms with E-state index in [9.17, 15) is 0 Å². The number of rotatable bonds is 2. The summed E-state index contributed by atoms with van der Waals surface area (Å²) in [5.74, 6) is 1.29. The quantitative estimate of drug-likeness (QED) is 0.670. The van der Waals surface area contributed by atoms with E-state index >= 15 is 0 Å². The first-order valence-electron chi connectivity index (χ1n) is 7.22. The predicted octanol–water partition coefficient (Wildman–Crippen LogP) is 2.28. The van der Waals surface area contributed by atoms with Gasteiger partial charge in [0, 0.05) is 30.7 Å². The van der Waals surface area contributed by atoms with Gasteiger partial charge >= 0.3 is 0 Å². The molecule has 20 heavy (non-hydrogen) atoms. The average molecular weight is 290 g/mol. The van der Waals surface area contributed by atoms with Gasteiger partial charge in [0.15, 0.2) is 5.17 Å². The van der Waals surface area contributed by atoms with Crippen molar-refractivity contribution in [2.75, 3.05) is 24.2 Å². The van der Waals surface area contributed by atoms with Crippen LogP contribution in [-0.2, 0) is 0 Å². The van der Waals surface area contributed by atoms with E-state index in [1.165, 1.54) is 18.5 Å². The van der Waals surface area contributed by atoms with Gasteiger partial charge in [-0.05, 0) is 50.0 Å². The second-order valence-electron chi connectivity index (χ2n) is 5.82. The molecule has 0 spiro atoms. The summed E-state index contributed by atoms with van der Waals surface area (Å²) in [4.78, 5) is 11.5. The van der Waals surface area contributed by atoms with Crippen molar-refractivity contribution in [3.05, 3.63) is 24.0 Å². The largest absolute Gasteiger partial charge is 0.379 e. The molecule has 2 aliphatic rings. The minimum absolute atomic E-state index is 0.432. The smallest absolute Gasteiger partial charge is 0.153 e. The zero-order valence-electron chi connectivity index (χ0n) is 12.1. The van der Waals surface area contributed by atoms with E-state index < -0.39 is 0 Å². The van der Waals surface area contributed by atoms with E-state index in [4.69, 9.17) is 10.7 Å². The number of fused-ring (bicyclic) bond motifs is 2. The van der Waals surface area contributed by atoms with E-state index in [1.54, 1.807) is 11.8 Å². The van der Waals surface area contributed by atoms with Crippen molar-refractivity contribution in [2.45, 2.75) is 25.8 Å². The number of anilines is 1. The lowest BCUT2D eigenvalue weighted by atomic mass is 9.92. The fraction of sp³-hybridized carbons (Fsp3) is 0.600.